The van der Waals surface area contributed by atoms with E-state index in [2.05, 4.69) is 15.9 Å². The Balaban J connectivity index is 2.24. The first-order valence-corrected chi connectivity index (χ1v) is 8.40. The van der Waals surface area contributed by atoms with Gasteiger partial charge in [0.2, 0.25) is 0 Å². The Kier molecular flexibility index (Phi) is 5.06. The number of nitrogens with zero attached hydrogens (tertiary/aromatic N) is 1. The van der Waals surface area contributed by atoms with Crippen LogP contribution in [0.3, 0.4) is 0 Å². The molecule has 1 aromatic heterocycles. The van der Waals surface area contributed by atoms with E-state index in [1.54, 1.807) is 0 Å². The molecule has 2 rings (SSSR count). The average Bonchev–Trinajstić information content (AvgIpc) is 2.75. The van der Waals surface area contributed by atoms with Crippen LogP contribution in [0.1, 0.15) is 34.6 Å². The molecule has 0 saturated heterocycles. The molecule has 0 aliphatic heterocycles. The van der Waals surface area contributed by atoms with E-state index < -0.39 is 0 Å². The van der Waals surface area contributed by atoms with Gasteiger partial charge >= 0.3 is 0 Å². The highest BCUT2D eigenvalue weighted by atomic mass is 79.9. The second kappa shape index (κ2) is 6.62. The summed E-state index contributed by atoms with van der Waals surface area (Å²) in [4.78, 5) is 15.4. The summed E-state index contributed by atoms with van der Waals surface area (Å²) in [5.74, 6) is 0.0613. The summed E-state index contributed by atoms with van der Waals surface area (Å²) in [5, 5.41) is 0. The highest BCUT2D eigenvalue weighted by Gasteiger charge is 2.21. The average molecular weight is 367 g/mol. The molecule has 3 nitrogen and oxygen atoms in total. The number of aryl methyl sites for hydroxylation is 1. The number of carbonyl (C=O) groups excluding carboxylic acids is 1. The van der Waals surface area contributed by atoms with Crippen molar-refractivity contribution in [2.45, 2.75) is 33.4 Å². The van der Waals surface area contributed by atoms with Gasteiger partial charge in [0, 0.05) is 18.3 Å². The van der Waals surface area contributed by atoms with Gasteiger partial charge in [0.15, 0.2) is 0 Å². The summed E-state index contributed by atoms with van der Waals surface area (Å²) in [5.41, 5.74) is 8.67. The highest BCUT2D eigenvalue weighted by molar-refractivity contribution is 9.11. The van der Waals surface area contributed by atoms with Crippen molar-refractivity contribution in [3.63, 3.8) is 0 Å². The molecule has 21 heavy (non-hydrogen) atoms. The molecule has 0 saturated carbocycles. The smallest absolute Gasteiger partial charge is 0.264 e. The monoisotopic (exact) mass is 366 g/mol. The van der Waals surface area contributed by atoms with Gasteiger partial charge in [-0.2, -0.15) is 0 Å². The Morgan fingerprint density at radius 1 is 1.38 bits per heavy atom. The summed E-state index contributed by atoms with van der Waals surface area (Å²) in [6, 6.07) is 9.74. The van der Waals surface area contributed by atoms with Crippen molar-refractivity contribution < 1.29 is 4.79 Å². The minimum absolute atomic E-state index is 0.0613. The minimum Gasteiger partial charge on any atom is -0.399 e. The number of benzene rings is 1. The van der Waals surface area contributed by atoms with Crippen molar-refractivity contribution in [3.05, 3.63) is 50.1 Å². The van der Waals surface area contributed by atoms with Crippen LogP contribution in [0.5, 0.6) is 0 Å². The van der Waals surface area contributed by atoms with Gasteiger partial charge in [-0.05, 0) is 66.0 Å². The number of amides is 1. The highest BCUT2D eigenvalue weighted by Crippen LogP contribution is 2.29. The zero-order valence-corrected chi connectivity index (χ0v) is 14.8. The number of hydrogen-bond acceptors (Lipinski definition) is 3. The maximum Gasteiger partial charge on any atom is 0.264 e. The number of hydrogen-bond donors (Lipinski definition) is 1. The molecular formula is C16H19BrN2OS. The molecule has 0 radical (unpaired) electrons. The van der Waals surface area contributed by atoms with Gasteiger partial charge in [0.05, 0.1) is 8.66 Å². The van der Waals surface area contributed by atoms with Crippen LogP contribution in [-0.4, -0.2) is 16.8 Å². The molecule has 2 aromatic rings. The summed E-state index contributed by atoms with van der Waals surface area (Å²) < 4.78 is 1.01. The standard InChI is InChI=1S/C16H19BrN2OS/c1-10(2)19(9-12-5-4-6-13(18)8-12)16(20)14-7-11(3)15(17)21-14/h4-8,10H,9,18H2,1-3H3. The summed E-state index contributed by atoms with van der Waals surface area (Å²) >= 11 is 4.96. The van der Waals surface area contributed by atoms with E-state index in [0.717, 1.165) is 25.5 Å². The lowest BCUT2D eigenvalue weighted by Gasteiger charge is -2.26. The van der Waals surface area contributed by atoms with Crippen molar-refractivity contribution in [2.75, 3.05) is 5.73 Å². The lowest BCUT2D eigenvalue weighted by Crippen LogP contribution is -2.36. The topological polar surface area (TPSA) is 46.3 Å². The van der Waals surface area contributed by atoms with Gasteiger partial charge in [0.25, 0.3) is 5.91 Å². The predicted octanol–water partition coefficient (Wildman–Crippen LogP) is 4.45. The largest absolute Gasteiger partial charge is 0.399 e. The van der Waals surface area contributed by atoms with Gasteiger partial charge in [-0.3, -0.25) is 4.79 Å². The van der Waals surface area contributed by atoms with Crippen LogP contribution in [0.15, 0.2) is 34.1 Å². The molecule has 0 fully saturated rings. The molecule has 2 N–H and O–H groups in total. The molecule has 0 spiro atoms. The molecule has 0 unspecified atom stereocenters. The van der Waals surface area contributed by atoms with E-state index >= 15 is 0 Å². The van der Waals surface area contributed by atoms with Gasteiger partial charge in [0.1, 0.15) is 0 Å². The van der Waals surface area contributed by atoms with Crippen LogP contribution < -0.4 is 5.73 Å². The van der Waals surface area contributed by atoms with Crippen molar-refractivity contribution >= 4 is 38.9 Å². The third-order valence-electron chi connectivity index (χ3n) is 3.26. The number of halogens is 1. The lowest BCUT2D eigenvalue weighted by molar-refractivity contribution is 0.0695. The fourth-order valence-electron chi connectivity index (χ4n) is 2.08. The number of carbonyl (C=O) groups is 1. The van der Waals surface area contributed by atoms with Crippen molar-refractivity contribution in [1.82, 2.24) is 4.90 Å². The molecule has 112 valence electrons. The molecule has 1 heterocycles. The van der Waals surface area contributed by atoms with E-state index in [4.69, 9.17) is 5.73 Å². The van der Waals surface area contributed by atoms with E-state index in [0.29, 0.717) is 6.54 Å². The Morgan fingerprint density at radius 2 is 2.10 bits per heavy atom. The van der Waals surface area contributed by atoms with Crippen LogP contribution >= 0.6 is 27.3 Å². The number of nitrogens with two attached hydrogens (primary N) is 1. The van der Waals surface area contributed by atoms with Crippen molar-refractivity contribution in [1.29, 1.82) is 0 Å². The Labute approximate surface area is 137 Å². The summed E-state index contributed by atoms with van der Waals surface area (Å²) in [7, 11) is 0. The van der Waals surface area contributed by atoms with Crippen LogP contribution in [0.2, 0.25) is 0 Å². The molecule has 1 aromatic carbocycles. The normalized spacial score (nSPS) is 10.9. The number of rotatable bonds is 4. The molecule has 1 amide bonds. The third kappa shape index (κ3) is 3.86. The fourth-order valence-corrected chi connectivity index (χ4v) is 3.57. The van der Waals surface area contributed by atoms with Crippen molar-refractivity contribution in [2.24, 2.45) is 0 Å². The molecule has 0 bridgehead atoms. The first-order chi connectivity index (χ1) is 9.88. The maximum absolute atomic E-state index is 12.7. The van der Waals surface area contributed by atoms with Crippen LogP contribution in [0.4, 0.5) is 5.69 Å². The fraction of sp³-hybridized carbons (Fsp3) is 0.312. The van der Waals surface area contributed by atoms with Gasteiger partial charge in [-0.25, -0.2) is 0 Å². The Bertz CT molecular complexity index is 632. The second-order valence-electron chi connectivity index (χ2n) is 5.34. The zero-order valence-electron chi connectivity index (χ0n) is 12.4. The molecule has 0 aliphatic carbocycles. The van der Waals surface area contributed by atoms with Gasteiger partial charge in [-0.1, -0.05) is 12.1 Å². The van der Waals surface area contributed by atoms with Crippen LogP contribution in [-0.2, 0) is 6.54 Å². The van der Waals surface area contributed by atoms with E-state index in [1.165, 1.54) is 11.3 Å². The van der Waals surface area contributed by atoms with E-state index in [1.807, 2.05) is 56.0 Å². The lowest BCUT2D eigenvalue weighted by atomic mass is 10.1. The van der Waals surface area contributed by atoms with Gasteiger partial charge in [-0.15, -0.1) is 11.3 Å². The minimum atomic E-state index is 0.0613. The SMILES string of the molecule is Cc1cc(C(=O)N(Cc2cccc(N)c2)C(C)C)sc1Br. The van der Waals surface area contributed by atoms with Crippen molar-refractivity contribution in [3.8, 4) is 0 Å². The zero-order chi connectivity index (χ0) is 15.6. The first kappa shape index (κ1) is 16.0. The second-order valence-corrected chi connectivity index (χ2v) is 7.71. The molecule has 0 aliphatic rings. The molecule has 0 atom stereocenters. The number of thiophene rings is 1. The Morgan fingerprint density at radius 3 is 2.62 bits per heavy atom. The van der Waals surface area contributed by atoms with Crippen LogP contribution in [0, 0.1) is 6.92 Å². The molecule has 5 heteroatoms. The third-order valence-corrected chi connectivity index (χ3v) is 5.38. The Hall–Kier alpha value is -1.33. The maximum atomic E-state index is 12.7. The summed E-state index contributed by atoms with van der Waals surface area (Å²) in [6.07, 6.45) is 0. The van der Waals surface area contributed by atoms with E-state index in [9.17, 15) is 4.79 Å². The predicted molar refractivity (Wildman–Crippen MR) is 92.6 cm³/mol. The molecular weight excluding hydrogens is 348 g/mol. The quantitative estimate of drug-likeness (QED) is 0.812. The number of anilines is 1. The van der Waals surface area contributed by atoms with Gasteiger partial charge < -0.3 is 10.6 Å². The van der Waals surface area contributed by atoms with Crippen LogP contribution in [0.25, 0.3) is 0 Å². The van der Waals surface area contributed by atoms with E-state index in [-0.39, 0.29) is 11.9 Å². The number of nitrogen functional groups attached to an aromatic ring is 1. The summed E-state index contributed by atoms with van der Waals surface area (Å²) in [6.45, 7) is 6.62. The first-order valence-electron chi connectivity index (χ1n) is 6.80.